The molecule has 1 amide bonds. The highest BCUT2D eigenvalue weighted by atomic mass is 32.2. The molecule has 2 N–H and O–H groups in total. The Balaban J connectivity index is 0.000000323. The number of fused-ring (bicyclic) bond motifs is 1. The molecule has 0 aromatic heterocycles. The number of nitro groups is 1. The molecule has 1 saturated heterocycles. The number of rotatable bonds is 3. The number of hydrogen-bond donors (Lipinski definition) is 2. The fraction of sp³-hybridized carbons (Fsp3) is 0.500. The molecular weight excluding hydrogens is 442 g/mol. The van der Waals surface area contributed by atoms with E-state index in [1.54, 1.807) is 30.9 Å². The van der Waals surface area contributed by atoms with Crippen molar-refractivity contribution in [3.8, 4) is 0 Å². The summed E-state index contributed by atoms with van der Waals surface area (Å²) >= 11 is 1.15. The predicted molar refractivity (Wildman–Crippen MR) is 134 cm³/mol. The monoisotopic (exact) mass is 473 g/mol. The van der Waals surface area contributed by atoms with Gasteiger partial charge in [-0.15, -0.1) is 0 Å². The number of non-ortho nitro benzene ring substituents is 1. The van der Waals surface area contributed by atoms with Crippen molar-refractivity contribution >= 4 is 39.6 Å². The van der Waals surface area contributed by atoms with Gasteiger partial charge in [0.15, 0.2) is 5.04 Å². The van der Waals surface area contributed by atoms with E-state index in [-0.39, 0.29) is 16.6 Å². The Kier molecular flexibility index (Phi) is 8.84. The summed E-state index contributed by atoms with van der Waals surface area (Å²) in [5.41, 5.74) is 3.44. The normalized spacial score (nSPS) is 21.5. The molecule has 33 heavy (non-hydrogen) atoms. The minimum absolute atomic E-state index is 0.0814. The lowest BCUT2D eigenvalue weighted by atomic mass is 10.00. The van der Waals surface area contributed by atoms with Crippen LogP contribution in [0.3, 0.4) is 0 Å². The third kappa shape index (κ3) is 6.78. The highest BCUT2D eigenvalue weighted by molar-refractivity contribution is 8.26. The van der Waals surface area contributed by atoms with Crippen LogP contribution in [-0.4, -0.2) is 66.7 Å². The van der Waals surface area contributed by atoms with Crippen molar-refractivity contribution in [3.05, 3.63) is 45.9 Å². The van der Waals surface area contributed by atoms with Crippen molar-refractivity contribution < 1.29 is 9.72 Å². The SMILES string of the molecule is CC1CCN(C)CC1.CNC(=O)C1=N/C=C(\N2CCc3cc([N+](=O)[O-])ccc32)NC/N=C/S1. The molecule has 10 nitrogen and oxygen atoms in total. The Morgan fingerprint density at radius 2 is 2.06 bits per heavy atom. The van der Waals surface area contributed by atoms with E-state index in [4.69, 9.17) is 0 Å². The van der Waals surface area contributed by atoms with E-state index in [9.17, 15) is 14.9 Å². The molecule has 178 valence electrons. The number of nitro benzene ring substituents is 1. The second kappa shape index (κ2) is 11.8. The zero-order valence-electron chi connectivity index (χ0n) is 19.3. The maximum absolute atomic E-state index is 11.8. The molecule has 1 fully saturated rings. The van der Waals surface area contributed by atoms with Crippen LogP contribution in [0.15, 0.2) is 40.2 Å². The van der Waals surface area contributed by atoms with Gasteiger partial charge in [0.2, 0.25) is 0 Å². The summed E-state index contributed by atoms with van der Waals surface area (Å²) in [6, 6.07) is 4.81. The average molecular weight is 474 g/mol. The first-order chi connectivity index (χ1) is 15.9. The fourth-order valence-electron chi connectivity index (χ4n) is 3.72. The molecule has 0 unspecified atom stereocenters. The van der Waals surface area contributed by atoms with Gasteiger partial charge in [0.1, 0.15) is 12.5 Å². The lowest BCUT2D eigenvalue weighted by Gasteiger charge is -2.26. The summed E-state index contributed by atoms with van der Waals surface area (Å²) in [4.78, 5) is 35.2. The smallest absolute Gasteiger partial charge is 0.276 e. The van der Waals surface area contributed by atoms with Gasteiger partial charge in [-0.25, -0.2) is 4.99 Å². The predicted octanol–water partition coefficient (Wildman–Crippen LogP) is 2.57. The number of nitrogens with zero attached hydrogens (tertiary/aromatic N) is 5. The van der Waals surface area contributed by atoms with Gasteiger partial charge in [-0.05, 0) is 56.9 Å². The molecule has 3 aliphatic rings. The van der Waals surface area contributed by atoms with Crippen molar-refractivity contribution in [2.24, 2.45) is 15.9 Å². The van der Waals surface area contributed by atoms with Gasteiger partial charge in [0.25, 0.3) is 11.6 Å². The van der Waals surface area contributed by atoms with Gasteiger partial charge < -0.3 is 20.4 Å². The minimum atomic E-state index is -0.397. The van der Waals surface area contributed by atoms with E-state index in [1.807, 2.05) is 4.90 Å². The van der Waals surface area contributed by atoms with Crippen LogP contribution in [0.1, 0.15) is 25.3 Å². The lowest BCUT2D eigenvalue weighted by Crippen LogP contribution is -2.30. The molecule has 11 heteroatoms. The maximum Gasteiger partial charge on any atom is 0.276 e. The van der Waals surface area contributed by atoms with Crippen molar-refractivity contribution in [2.75, 3.05) is 45.3 Å². The van der Waals surface area contributed by atoms with Crippen molar-refractivity contribution in [1.82, 2.24) is 15.5 Å². The van der Waals surface area contributed by atoms with Gasteiger partial charge in [0, 0.05) is 31.4 Å². The van der Waals surface area contributed by atoms with E-state index in [2.05, 4.69) is 39.5 Å². The summed E-state index contributed by atoms with van der Waals surface area (Å²) in [5, 5.41) is 16.9. The van der Waals surface area contributed by atoms with Gasteiger partial charge >= 0.3 is 0 Å². The Labute approximate surface area is 198 Å². The van der Waals surface area contributed by atoms with Crippen LogP contribution in [0.4, 0.5) is 11.4 Å². The molecule has 0 atom stereocenters. The number of hydrogen-bond acceptors (Lipinski definition) is 9. The molecule has 0 radical (unpaired) electrons. The Morgan fingerprint density at radius 1 is 1.30 bits per heavy atom. The lowest BCUT2D eigenvalue weighted by molar-refractivity contribution is -0.384. The maximum atomic E-state index is 11.8. The van der Waals surface area contributed by atoms with Crippen molar-refractivity contribution in [2.45, 2.75) is 26.2 Å². The van der Waals surface area contributed by atoms with Gasteiger partial charge in [-0.1, -0.05) is 18.7 Å². The molecule has 0 bridgehead atoms. The second-order valence-corrected chi connectivity index (χ2v) is 9.06. The Morgan fingerprint density at radius 3 is 2.73 bits per heavy atom. The summed E-state index contributed by atoms with van der Waals surface area (Å²) < 4.78 is 0. The van der Waals surface area contributed by atoms with Crippen LogP contribution in [-0.2, 0) is 11.2 Å². The third-order valence-corrected chi connectivity index (χ3v) is 6.55. The quantitative estimate of drug-likeness (QED) is 0.512. The van der Waals surface area contributed by atoms with Crippen LogP contribution in [0.25, 0.3) is 0 Å². The van der Waals surface area contributed by atoms with Crippen LogP contribution < -0.4 is 15.5 Å². The largest absolute Gasteiger partial charge is 0.353 e. The zero-order chi connectivity index (χ0) is 23.8. The van der Waals surface area contributed by atoms with E-state index < -0.39 is 4.92 Å². The highest BCUT2D eigenvalue weighted by Gasteiger charge is 2.24. The number of nitrogens with one attached hydrogen (secondary N) is 2. The number of aliphatic imine (C=N–C) groups is 2. The van der Waals surface area contributed by atoms with E-state index in [1.165, 1.54) is 32.0 Å². The standard InChI is InChI=1S/C15H16N6O3S.C7H15N/c1-16-14(22)15-18-7-13(19-8-17-9-25-15)20-5-4-10-6-11(21(23)24)2-3-12(10)20;1-7-3-5-8(2)6-4-7/h2-3,6-7,9,19H,4-5,8H2,1H3,(H,16,22);7H,3-6H2,1-2H3/b13-7-,17-9+,18-15?;. The molecule has 3 heterocycles. The summed E-state index contributed by atoms with van der Waals surface area (Å²) in [5.74, 6) is 1.38. The summed E-state index contributed by atoms with van der Waals surface area (Å²) in [6.07, 6.45) is 5.08. The molecule has 4 rings (SSSR count). The molecule has 0 spiro atoms. The van der Waals surface area contributed by atoms with Crippen molar-refractivity contribution in [1.29, 1.82) is 0 Å². The number of benzene rings is 1. The van der Waals surface area contributed by atoms with Gasteiger partial charge in [-0.2, -0.15) is 0 Å². The first-order valence-corrected chi connectivity index (χ1v) is 11.9. The average Bonchev–Trinajstić information content (AvgIpc) is 3.28. The first kappa shape index (κ1) is 24.7. The minimum Gasteiger partial charge on any atom is -0.353 e. The number of amides is 1. The number of thioether (sulfide) groups is 1. The van der Waals surface area contributed by atoms with E-state index in [0.717, 1.165) is 28.9 Å². The van der Waals surface area contributed by atoms with Gasteiger partial charge in [0.05, 0.1) is 16.7 Å². The Bertz CT molecular complexity index is 945. The number of piperidine rings is 1. The number of likely N-dealkylation sites (tertiary alicyclic amines) is 1. The summed E-state index contributed by atoms with van der Waals surface area (Å²) in [7, 11) is 3.74. The van der Waals surface area contributed by atoms with Crippen LogP contribution >= 0.6 is 11.8 Å². The molecular formula is C22H31N7O3S. The number of carbonyl (C=O) groups is 1. The second-order valence-electron chi connectivity index (χ2n) is 8.23. The molecule has 0 saturated carbocycles. The zero-order valence-corrected chi connectivity index (χ0v) is 20.1. The topological polar surface area (TPSA) is 115 Å². The third-order valence-electron chi connectivity index (χ3n) is 5.78. The van der Waals surface area contributed by atoms with Crippen molar-refractivity contribution in [3.63, 3.8) is 0 Å². The molecule has 3 aliphatic heterocycles. The highest BCUT2D eigenvalue weighted by Crippen LogP contribution is 2.33. The van der Waals surface area contributed by atoms with Crippen LogP contribution in [0.5, 0.6) is 0 Å². The van der Waals surface area contributed by atoms with E-state index >= 15 is 0 Å². The van der Waals surface area contributed by atoms with Crippen LogP contribution in [0, 0.1) is 16.0 Å². The molecule has 1 aromatic carbocycles. The summed E-state index contributed by atoms with van der Waals surface area (Å²) in [6.45, 7) is 5.96. The van der Waals surface area contributed by atoms with E-state index in [0.29, 0.717) is 25.5 Å². The van der Waals surface area contributed by atoms with Crippen LogP contribution in [0.2, 0.25) is 0 Å². The fourth-order valence-corrected chi connectivity index (χ4v) is 4.29. The number of anilines is 1. The number of carbonyl (C=O) groups excluding carboxylic acids is 1. The van der Waals surface area contributed by atoms with Gasteiger partial charge in [-0.3, -0.25) is 19.9 Å². The molecule has 0 aliphatic carbocycles. The molecule has 1 aromatic rings. The Hall–Kier alpha value is -2.92. The first-order valence-electron chi connectivity index (χ1n) is 11.0.